The number of benzene rings is 2. The molecule has 2 heteroatoms. The van der Waals surface area contributed by atoms with Gasteiger partial charge < -0.3 is 4.74 Å². The summed E-state index contributed by atoms with van der Waals surface area (Å²) in [7, 11) is 0. The van der Waals surface area contributed by atoms with Crippen molar-refractivity contribution < 1.29 is 9.53 Å². The first kappa shape index (κ1) is 14.3. The maximum atomic E-state index is 11.2. The SMILES string of the molecule is C=C(C)C(=O)OCCCCc1cccc2ccccc12. The van der Waals surface area contributed by atoms with Gasteiger partial charge in [-0.05, 0) is 42.5 Å². The van der Waals surface area contributed by atoms with Crippen LogP contribution in [-0.2, 0) is 16.0 Å². The molecule has 0 N–H and O–H groups in total. The first-order chi connectivity index (χ1) is 9.68. The van der Waals surface area contributed by atoms with Crippen molar-refractivity contribution in [2.24, 2.45) is 0 Å². The molecule has 104 valence electrons. The fourth-order valence-electron chi connectivity index (χ4n) is 2.22. The quantitative estimate of drug-likeness (QED) is 0.444. The van der Waals surface area contributed by atoms with Crippen molar-refractivity contribution in [2.45, 2.75) is 26.2 Å². The molecule has 0 radical (unpaired) electrons. The van der Waals surface area contributed by atoms with E-state index >= 15 is 0 Å². The Bertz CT molecular complexity index is 608. The van der Waals surface area contributed by atoms with Gasteiger partial charge in [0.1, 0.15) is 0 Å². The van der Waals surface area contributed by atoms with Gasteiger partial charge in [-0.25, -0.2) is 4.79 Å². The lowest BCUT2D eigenvalue weighted by Crippen LogP contribution is -2.06. The standard InChI is InChI=1S/C18H20O2/c1-14(2)18(19)20-13-6-5-9-16-11-7-10-15-8-3-4-12-17(15)16/h3-4,7-8,10-12H,1,5-6,9,13H2,2H3. The van der Waals surface area contributed by atoms with Gasteiger partial charge in [0.05, 0.1) is 6.61 Å². The van der Waals surface area contributed by atoms with E-state index in [1.54, 1.807) is 6.92 Å². The van der Waals surface area contributed by atoms with Crippen LogP contribution in [0.15, 0.2) is 54.6 Å². The van der Waals surface area contributed by atoms with E-state index < -0.39 is 0 Å². The maximum Gasteiger partial charge on any atom is 0.333 e. The van der Waals surface area contributed by atoms with Crippen molar-refractivity contribution in [3.05, 3.63) is 60.2 Å². The highest BCUT2D eigenvalue weighted by Gasteiger charge is 2.03. The minimum absolute atomic E-state index is 0.296. The molecule has 0 fully saturated rings. The number of hydrogen-bond donors (Lipinski definition) is 0. The van der Waals surface area contributed by atoms with Gasteiger partial charge in [0, 0.05) is 5.57 Å². The highest BCUT2D eigenvalue weighted by molar-refractivity contribution is 5.87. The van der Waals surface area contributed by atoms with Gasteiger partial charge in [0.2, 0.25) is 0 Å². The van der Waals surface area contributed by atoms with Crippen LogP contribution in [-0.4, -0.2) is 12.6 Å². The van der Waals surface area contributed by atoms with Gasteiger partial charge in [-0.3, -0.25) is 0 Å². The number of rotatable bonds is 6. The molecule has 0 unspecified atom stereocenters. The molecular formula is C18H20O2. The van der Waals surface area contributed by atoms with E-state index in [2.05, 4.69) is 49.0 Å². The molecule has 0 amide bonds. The third-order valence-electron chi connectivity index (χ3n) is 3.30. The number of fused-ring (bicyclic) bond motifs is 1. The summed E-state index contributed by atoms with van der Waals surface area (Å²) in [4.78, 5) is 11.2. The first-order valence-corrected chi connectivity index (χ1v) is 6.98. The number of hydrogen-bond acceptors (Lipinski definition) is 2. The first-order valence-electron chi connectivity index (χ1n) is 6.98. The Balaban J connectivity index is 1.84. The Labute approximate surface area is 120 Å². The summed E-state index contributed by atoms with van der Waals surface area (Å²) in [5.74, 6) is -0.296. The second-order valence-corrected chi connectivity index (χ2v) is 5.01. The largest absolute Gasteiger partial charge is 0.462 e. The summed E-state index contributed by atoms with van der Waals surface area (Å²) in [6.45, 7) is 5.69. The highest BCUT2D eigenvalue weighted by atomic mass is 16.5. The smallest absolute Gasteiger partial charge is 0.333 e. The molecule has 0 bridgehead atoms. The fraction of sp³-hybridized carbons (Fsp3) is 0.278. The average molecular weight is 268 g/mol. The molecule has 20 heavy (non-hydrogen) atoms. The summed E-state index contributed by atoms with van der Waals surface area (Å²) >= 11 is 0. The summed E-state index contributed by atoms with van der Waals surface area (Å²) in [6, 6.07) is 14.8. The third kappa shape index (κ3) is 3.70. The fourth-order valence-corrected chi connectivity index (χ4v) is 2.22. The van der Waals surface area contributed by atoms with Crippen LogP contribution >= 0.6 is 0 Å². The van der Waals surface area contributed by atoms with Gasteiger partial charge in [-0.1, -0.05) is 49.0 Å². The van der Waals surface area contributed by atoms with Gasteiger partial charge in [-0.2, -0.15) is 0 Å². The van der Waals surface area contributed by atoms with Crippen LogP contribution in [0.5, 0.6) is 0 Å². The molecule has 2 rings (SSSR count). The summed E-state index contributed by atoms with van der Waals surface area (Å²) in [6.07, 6.45) is 2.89. The molecule has 0 saturated carbocycles. The Morgan fingerprint density at radius 2 is 1.85 bits per heavy atom. The van der Waals surface area contributed by atoms with Gasteiger partial charge in [0.25, 0.3) is 0 Å². The Morgan fingerprint density at radius 3 is 2.65 bits per heavy atom. The number of carbonyl (C=O) groups is 1. The van der Waals surface area contributed by atoms with Crippen LogP contribution in [0, 0.1) is 0 Å². The number of esters is 1. The number of ether oxygens (including phenoxy) is 1. The third-order valence-corrected chi connectivity index (χ3v) is 3.30. The average Bonchev–Trinajstić information content (AvgIpc) is 2.46. The summed E-state index contributed by atoms with van der Waals surface area (Å²) in [5, 5.41) is 2.59. The van der Waals surface area contributed by atoms with Crippen LogP contribution in [0.2, 0.25) is 0 Å². The van der Waals surface area contributed by atoms with Crippen molar-refractivity contribution in [2.75, 3.05) is 6.61 Å². The van der Waals surface area contributed by atoms with E-state index in [9.17, 15) is 4.79 Å². The van der Waals surface area contributed by atoms with Gasteiger partial charge >= 0.3 is 5.97 Å². The van der Waals surface area contributed by atoms with Crippen molar-refractivity contribution in [1.82, 2.24) is 0 Å². The lowest BCUT2D eigenvalue weighted by molar-refractivity contribution is -0.139. The predicted octanol–water partition coefficient (Wildman–Crippen LogP) is 4.28. The molecule has 0 spiro atoms. The number of aryl methyl sites for hydroxylation is 1. The van der Waals surface area contributed by atoms with Crippen LogP contribution in [0.3, 0.4) is 0 Å². The normalized spacial score (nSPS) is 10.4. The molecule has 2 nitrogen and oxygen atoms in total. The lowest BCUT2D eigenvalue weighted by Gasteiger charge is -2.07. The molecule has 0 saturated heterocycles. The maximum absolute atomic E-state index is 11.2. The van der Waals surface area contributed by atoms with E-state index in [4.69, 9.17) is 4.74 Å². The van der Waals surface area contributed by atoms with Gasteiger partial charge in [0.15, 0.2) is 0 Å². The van der Waals surface area contributed by atoms with E-state index in [0.29, 0.717) is 12.2 Å². The zero-order chi connectivity index (χ0) is 14.4. The molecule has 0 atom stereocenters. The monoisotopic (exact) mass is 268 g/mol. The van der Waals surface area contributed by atoms with Crippen LogP contribution < -0.4 is 0 Å². The summed E-state index contributed by atoms with van der Waals surface area (Å²) in [5.41, 5.74) is 1.81. The zero-order valence-corrected chi connectivity index (χ0v) is 11.9. The van der Waals surface area contributed by atoms with Crippen LogP contribution in [0.25, 0.3) is 10.8 Å². The Morgan fingerprint density at radius 1 is 1.10 bits per heavy atom. The van der Waals surface area contributed by atoms with Crippen LogP contribution in [0.4, 0.5) is 0 Å². The van der Waals surface area contributed by atoms with E-state index in [-0.39, 0.29) is 5.97 Å². The van der Waals surface area contributed by atoms with Crippen molar-refractivity contribution >= 4 is 16.7 Å². The molecule has 0 aliphatic carbocycles. The van der Waals surface area contributed by atoms with Crippen molar-refractivity contribution in [3.8, 4) is 0 Å². The molecule has 0 heterocycles. The number of unbranched alkanes of at least 4 members (excludes halogenated alkanes) is 1. The second-order valence-electron chi connectivity index (χ2n) is 5.01. The predicted molar refractivity (Wildman–Crippen MR) is 82.7 cm³/mol. The van der Waals surface area contributed by atoms with Crippen molar-refractivity contribution in [3.63, 3.8) is 0 Å². The minimum Gasteiger partial charge on any atom is -0.462 e. The van der Waals surface area contributed by atoms with Crippen molar-refractivity contribution in [1.29, 1.82) is 0 Å². The number of carbonyl (C=O) groups excluding carboxylic acids is 1. The molecular weight excluding hydrogens is 248 g/mol. The molecule has 0 aliphatic heterocycles. The molecule has 2 aromatic rings. The Kier molecular flexibility index (Phi) is 4.94. The molecule has 0 aliphatic rings. The lowest BCUT2D eigenvalue weighted by atomic mass is 10.0. The Hall–Kier alpha value is -2.09. The molecule has 2 aromatic carbocycles. The zero-order valence-electron chi connectivity index (χ0n) is 11.9. The minimum atomic E-state index is -0.296. The van der Waals surface area contributed by atoms with E-state index in [0.717, 1.165) is 19.3 Å². The summed E-state index contributed by atoms with van der Waals surface area (Å²) < 4.78 is 5.09. The second kappa shape index (κ2) is 6.90. The van der Waals surface area contributed by atoms with Gasteiger partial charge in [-0.15, -0.1) is 0 Å². The topological polar surface area (TPSA) is 26.3 Å². The van der Waals surface area contributed by atoms with E-state index in [1.807, 2.05) is 0 Å². The molecule has 0 aromatic heterocycles. The van der Waals surface area contributed by atoms with Crippen LogP contribution in [0.1, 0.15) is 25.3 Å². The highest BCUT2D eigenvalue weighted by Crippen LogP contribution is 2.20. The van der Waals surface area contributed by atoms with E-state index in [1.165, 1.54) is 16.3 Å².